The molecule has 2 fully saturated rings. The molecule has 2 aliphatic rings. The van der Waals surface area contributed by atoms with Gasteiger partial charge in [0, 0.05) is 32.2 Å². The standard InChI is InChI=1S/C18H36N2/c1-5-15(3)18-9-7-17(8-10-18)14-20-12-11-19(6-2)13-16(20)4/h15-18H,5-14H2,1-4H3/t15?,16-,17?,18?/m0/s1. The first-order valence-corrected chi connectivity index (χ1v) is 9.10. The number of nitrogens with zero attached hydrogens (tertiary/aromatic N) is 2. The summed E-state index contributed by atoms with van der Waals surface area (Å²) in [5, 5.41) is 0. The second-order valence-corrected chi connectivity index (χ2v) is 7.40. The van der Waals surface area contributed by atoms with Gasteiger partial charge in [-0.2, -0.15) is 0 Å². The van der Waals surface area contributed by atoms with Crippen molar-refractivity contribution in [3.63, 3.8) is 0 Å². The zero-order valence-electron chi connectivity index (χ0n) is 14.3. The number of likely N-dealkylation sites (N-methyl/N-ethyl adjacent to an activating group) is 1. The lowest BCUT2D eigenvalue weighted by Crippen LogP contribution is -2.53. The molecule has 1 aliphatic carbocycles. The predicted molar refractivity (Wildman–Crippen MR) is 88.1 cm³/mol. The van der Waals surface area contributed by atoms with E-state index in [-0.39, 0.29) is 0 Å². The number of piperazine rings is 1. The number of rotatable bonds is 5. The molecular weight excluding hydrogens is 244 g/mol. The SMILES string of the molecule is CCC(C)C1CCC(CN2CCN(CC)C[C@@H]2C)CC1. The average Bonchev–Trinajstić information content (AvgIpc) is 2.49. The molecule has 2 heteroatoms. The minimum atomic E-state index is 0.760. The monoisotopic (exact) mass is 280 g/mol. The fourth-order valence-electron chi connectivity index (χ4n) is 4.23. The van der Waals surface area contributed by atoms with E-state index in [2.05, 4.69) is 37.5 Å². The van der Waals surface area contributed by atoms with E-state index in [1.54, 1.807) is 0 Å². The molecule has 2 nitrogen and oxygen atoms in total. The fraction of sp³-hybridized carbons (Fsp3) is 1.00. The highest BCUT2D eigenvalue weighted by molar-refractivity contribution is 4.83. The highest BCUT2D eigenvalue weighted by Crippen LogP contribution is 2.35. The van der Waals surface area contributed by atoms with Gasteiger partial charge in [0.15, 0.2) is 0 Å². The molecule has 1 heterocycles. The van der Waals surface area contributed by atoms with Gasteiger partial charge in [-0.25, -0.2) is 0 Å². The van der Waals surface area contributed by atoms with Crippen molar-refractivity contribution >= 4 is 0 Å². The third-order valence-corrected chi connectivity index (χ3v) is 6.13. The van der Waals surface area contributed by atoms with Gasteiger partial charge in [-0.1, -0.05) is 27.2 Å². The van der Waals surface area contributed by atoms with Crippen LogP contribution in [0.3, 0.4) is 0 Å². The van der Waals surface area contributed by atoms with Gasteiger partial charge >= 0.3 is 0 Å². The molecule has 1 aliphatic heterocycles. The van der Waals surface area contributed by atoms with Crippen LogP contribution in [0.4, 0.5) is 0 Å². The first-order chi connectivity index (χ1) is 9.63. The summed E-state index contributed by atoms with van der Waals surface area (Å²) in [5.41, 5.74) is 0. The van der Waals surface area contributed by atoms with Crippen LogP contribution in [0, 0.1) is 17.8 Å². The van der Waals surface area contributed by atoms with E-state index < -0.39 is 0 Å². The molecule has 0 amide bonds. The van der Waals surface area contributed by atoms with Gasteiger partial charge in [-0.3, -0.25) is 4.90 Å². The zero-order valence-corrected chi connectivity index (χ0v) is 14.3. The van der Waals surface area contributed by atoms with Crippen molar-refractivity contribution in [3.05, 3.63) is 0 Å². The Morgan fingerprint density at radius 2 is 1.75 bits per heavy atom. The zero-order chi connectivity index (χ0) is 14.5. The number of hydrogen-bond acceptors (Lipinski definition) is 2. The Hall–Kier alpha value is -0.0800. The second kappa shape index (κ2) is 7.79. The van der Waals surface area contributed by atoms with Crippen molar-refractivity contribution in [1.29, 1.82) is 0 Å². The summed E-state index contributed by atoms with van der Waals surface area (Å²) >= 11 is 0. The first kappa shape index (κ1) is 16.3. The molecule has 1 saturated heterocycles. The van der Waals surface area contributed by atoms with Gasteiger partial charge in [0.2, 0.25) is 0 Å². The molecule has 1 saturated carbocycles. The van der Waals surface area contributed by atoms with Gasteiger partial charge in [0.25, 0.3) is 0 Å². The van der Waals surface area contributed by atoms with E-state index >= 15 is 0 Å². The van der Waals surface area contributed by atoms with Crippen LogP contribution in [0.5, 0.6) is 0 Å². The van der Waals surface area contributed by atoms with Crippen molar-refractivity contribution in [2.24, 2.45) is 17.8 Å². The van der Waals surface area contributed by atoms with E-state index in [0.29, 0.717) is 0 Å². The summed E-state index contributed by atoms with van der Waals surface area (Å²) in [6.07, 6.45) is 7.31. The Bertz CT molecular complexity index is 271. The molecule has 0 spiro atoms. The minimum absolute atomic E-state index is 0.760. The average molecular weight is 280 g/mol. The summed E-state index contributed by atoms with van der Waals surface area (Å²) in [6, 6.07) is 0.760. The molecule has 2 atom stereocenters. The minimum Gasteiger partial charge on any atom is -0.301 e. The lowest BCUT2D eigenvalue weighted by molar-refractivity contribution is 0.0615. The van der Waals surface area contributed by atoms with Crippen LogP contribution in [0.1, 0.15) is 59.8 Å². The third kappa shape index (κ3) is 4.21. The fourth-order valence-corrected chi connectivity index (χ4v) is 4.23. The smallest absolute Gasteiger partial charge is 0.0195 e. The van der Waals surface area contributed by atoms with Crippen LogP contribution in [0.25, 0.3) is 0 Å². The van der Waals surface area contributed by atoms with Gasteiger partial charge in [-0.15, -0.1) is 0 Å². The van der Waals surface area contributed by atoms with Crippen molar-refractivity contribution in [1.82, 2.24) is 9.80 Å². The topological polar surface area (TPSA) is 6.48 Å². The third-order valence-electron chi connectivity index (χ3n) is 6.13. The predicted octanol–water partition coefficient (Wildman–Crippen LogP) is 3.86. The van der Waals surface area contributed by atoms with Crippen LogP contribution >= 0.6 is 0 Å². The molecule has 2 rings (SSSR count). The van der Waals surface area contributed by atoms with E-state index in [1.807, 2.05) is 0 Å². The highest BCUT2D eigenvalue weighted by Gasteiger charge is 2.28. The van der Waals surface area contributed by atoms with Crippen molar-refractivity contribution in [3.8, 4) is 0 Å². The number of hydrogen-bond donors (Lipinski definition) is 0. The first-order valence-electron chi connectivity index (χ1n) is 9.10. The van der Waals surface area contributed by atoms with Gasteiger partial charge < -0.3 is 4.90 Å². The maximum absolute atomic E-state index is 2.76. The molecule has 0 bridgehead atoms. The van der Waals surface area contributed by atoms with Crippen molar-refractivity contribution in [2.45, 2.75) is 65.8 Å². The Balaban J connectivity index is 1.73. The lowest BCUT2D eigenvalue weighted by Gasteiger charge is -2.42. The normalized spacial score (nSPS) is 35.1. The summed E-state index contributed by atoms with van der Waals surface area (Å²) in [6.45, 7) is 16.0. The van der Waals surface area contributed by atoms with Gasteiger partial charge in [0.1, 0.15) is 0 Å². The lowest BCUT2D eigenvalue weighted by atomic mass is 9.75. The molecule has 0 aromatic heterocycles. The molecular formula is C18H36N2. The molecule has 1 unspecified atom stereocenters. The summed E-state index contributed by atoms with van der Waals surface area (Å²) in [7, 11) is 0. The van der Waals surface area contributed by atoms with Crippen LogP contribution in [0.15, 0.2) is 0 Å². The highest BCUT2D eigenvalue weighted by atomic mass is 15.3. The Kier molecular flexibility index (Phi) is 6.35. The van der Waals surface area contributed by atoms with Crippen LogP contribution < -0.4 is 0 Å². The largest absolute Gasteiger partial charge is 0.301 e. The quantitative estimate of drug-likeness (QED) is 0.754. The van der Waals surface area contributed by atoms with Crippen LogP contribution in [-0.2, 0) is 0 Å². The maximum Gasteiger partial charge on any atom is 0.0195 e. The van der Waals surface area contributed by atoms with E-state index in [9.17, 15) is 0 Å². The molecule has 0 aromatic carbocycles. The molecule has 20 heavy (non-hydrogen) atoms. The maximum atomic E-state index is 2.76. The van der Waals surface area contributed by atoms with Crippen LogP contribution in [-0.4, -0.2) is 48.6 Å². The second-order valence-electron chi connectivity index (χ2n) is 7.40. The summed E-state index contributed by atoms with van der Waals surface area (Å²) in [4.78, 5) is 5.36. The molecule has 0 radical (unpaired) electrons. The van der Waals surface area contributed by atoms with Gasteiger partial charge in [-0.05, 0) is 56.9 Å². The van der Waals surface area contributed by atoms with Crippen molar-refractivity contribution < 1.29 is 0 Å². The Labute approximate surface area is 126 Å². The Morgan fingerprint density at radius 3 is 2.30 bits per heavy atom. The summed E-state index contributed by atoms with van der Waals surface area (Å²) in [5.74, 6) is 2.94. The van der Waals surface area contributed by atoms with E-state index in [0.717, 1.165) is 23.8 Å². The Morgan fingerprint density at radius 1 is 1.05 bits per heavy atom. The molecule has 0 aromatic rings. The molecule has 118 valence electrons. The van der Waals surface area contributed by atoms with Gasteiger partial charge in [0.05, 0.1) is 0 Å². The van der Waals surface area contributed by atoms with Crippen molar-refractivity contribution in [2.75, 3.05) is 32.7 Å². The van der Waals surface area contributed by atoms with Crippen LogP contribution in [0.2, 0.25) is 0 Å². The summed E-state index contributed by atoms with van der Waals surface area (Å²) < 4.78 is 0. The van der Waals surface area contributed by atoms with E-state index in [1.165, 1.54) is 64.8 Å². The van der Waals surface area contributed by atoms with E-state index in [4.69, 9.17) is 0 Å². The molecule has 0 N–H and O–H groups in total.